The van der Waals surface area contributed by atoms with Gasteiger partial charge in [-0.15, -0.1) is 0 Å². The number of benzene rings is 2. The molecular weight excluding hydrogens is 578 g/mol. The Morgan fingerprint density at radius 1 is 0.881 bits per heavy atom. The van der Waals surface area contributed by atoms with Crippen molar-refractivity contribution in [2.75, 3.05) is 38.0 Å². The van der Waals surface area contributed by atoms with E-state index in [2.05, 4.69) is 10.6 Å². The van der Waals surface area contributed by atoms with E-state index in [0.29, 0.717) is 50.0 Å². The number of hydrogen-bond acceptors (Lipinski definition) is 5. The molecule has 228 valence electrons. The molecule has 3 heterocycles. The fourth-order valence-electron chi connectivity index (χ4n) is 5.67. The predicted octanol–water partition coefficient (Wildman–Crippen LogP) is 3.20. The van der Waals surface area contributed by atoms with Crippen molar-refractivity contribution in [3.05, 3.63) is 65.5 Å². The molecule has 2 aromatic rings. The summed E-state index contributed by atoms with van der Waals surface area (Å²) < 4.78 is 80.8. The molecule has 3 saturated heterocycles. The first-order valence-corrected chi connectivity index (χ1v) is 15.3. The normalized spacial score (nSPS) is 22.5. The molecule has 0 unspecified atom stereocenters. The van der Waals surface area contributed by atoms with E-state index < -0.39 is 33.9 Å². The van der Waals surface area contributed by atoms with Crippen LogP contribution in [0.2, 0.25) is 0 Å². The van der Waals surface area contributed by atoms with Crippen LogP contribution in [0.3, 0.4) is 0 Å². The van der Waals surface area contributed by atoms with Crippen LogP contribution in [0.25, 0.3) is 0 Å². The first-order valence-electron chi connectivity index (χ1n) is 13.9. The van der Waals surface area contributed by atoms with Crippen molar-refractivity contribution in [1.29, 1.82) is 0 Å². The highest BCUT2D eigenvalue weighted by Gasteiger charge is 2.44. The molecule has 5 rings (SSSR count). The van der Waals surface area contributed by atoms with Gasteiger partial charge in [0, 0.05) is 45.0 Å². The number of amides is 2. The van der Waals surface area contributed by atoms with E-state index in [1.165, 1.54) is 37.8 Å². The number of alkyl halides is 3. The van der Waals surface area contributed by atoms with Gasteiger partial charge < -0.3 is 15.5 Å². The van der Waals surface area contributed by atoms with Gasteiger partial charge in [-0.05, 0) is 67.6 Å². The molecule has 3 aliphatic heterocycles. The lowest BCUT2D eigenvalue weighted by molar-refractivity contribution is -0.142. The summed E-state index contributed by atoms with van der Waals surface area (Å²) in [5.41, 5.74) is 0.427. The Hall–Kier alpha value is -3.23. The topological polar surface area (TPSA) is 102 Å². The molecule has 9 nitrogen and oxygen atoms in total. The average molecular weight is 612 g/mol. The Labute approximate surface area is 242 Å². The number of anilines is 1. The molecule has 2 atom stereocenters. The van der Waals surface area contributed by atoms with Crippen LogP contribution in [-0.2, 0) is 32.5 Å². The molecule has 14 heteroatoms. The van der Waals surface area contributed by atoms with Crippen molar-refractivity contribution in [3.8, 4) is 0 Å². The highest BCUT2D eigenvalue weighted by Crippen LogP contribution is 2.30. The lowest BCUT2D eigenvalue weighted by atomic mass is 9.97. The number of halogens is 4. The molecule has 3 fully saturated rings. The quantitative estimate of drug-likeness (QED) is 0.447. The maximum Gasteiger partial charge on any atom is 0.416 e. The number of hydrogen-bond donors (Lipinski definition) is 2. The maximum atomic E-state index is 13.5. The number of nitrogens with zero attached hydrogens (tertiary/aromatic N) is 3. The minimum Gasteiger partial charge on any atom is -0.380 e. The summed E-state index contributed by atoms with van der Waals surface area (Å²) in [7, 11) is -3.78. The summed E-state index contributed by atoms with van der Waals surface area (Å²) >= 11 is 0. The van der Waals surface area contributed by atoms with Gasteiger partial charge in [-0.2, -0.15) is 30.2 Å². The van der Waals surface area contributed by atoms with Gasteiger partial charge >= 0.3 is 6.18 Å². The summed E-state index contributed by atoms with van der Waals surface area (Å²) in [6.45, 7) is 1.24. The molecule has 42 heavy (non-hydrogen) atoms. The van der Waals surface area contributed by atoms with Crippen molar-refractivity contribution < 1.29 is 35.6 Å². The molecule has 0 aromatic heterocycles. The molecule has 2 amide bonds. The largest absolute Gasteiger partial charge is 0.416 e. The fraction of sp³-hybridized carbons (Fsp3) is 0.500. The number of likely N-dealkylation sites (tertiary alicyclic amines) is 1. The summed E-state index contributed by atoms with van der Waals surface area (Å²) in [5.74, 6) is -1.58. The van der Waals surface area contributed by atoms with Gasteiger partial charge in [0.2, 0.25) is 11.8 Å². The number of carbonyl (C=O) groups is 2. The Bertz CT molecular complexity index is 1380. The lowest BCUT2D eigenvalue weighted by Gasteiger charge is -2.43. The highest BCUT2D eigenvalue weighted by molar-refractivity contribution is 7.86. The van der Waals surface area contributed by atoms with E-state index in [4.69, 9.17) is 0 Å². The summed E-state index contributed by atoms with van der Waals surface area (Å²) in [4.78, 5) is 28.0. The summed E-state index contributed by atoms with van der Waals surface area (Å²) in [6, 6.07) is 9.53. The number of carbonyl (C=O) groups excluding carboxylic acids is 2. The maximum absolute atomic E-state index is 13.5. The zero-order valence-corrected chi connectivity index (χ0v) is 23.6. The lowest BCUT2D eigenvalue weighted by Crippen LogP contribution is -2.61. The molecule has 2 aromatic carbocycles. The van der Waals surface area contributed by atoms with Crippen molar-refractivity contribution in [2.45, 2.75) is 50.5 Å². The molecular formula is C28H33F4N5O4S. The van der Waals surface area contributed by atoms with Gasteiger partial charge in [-0.1, -0.05) is 12.1 Å². The van der Waals surface area contributed by atoms with Crippen LogP contribution >= 0.6 is 0 Å². The van der Waals surface area contributed by atoms with Crippen molar-refractivity contribution >= 4 is 27.7 Å². The van der Waals surface area contributed by atoms with E-state index >= 15 is 0 Å². The van der Waals surface area contributed by atoms with Crippen LogP contribution in [0, 0.1) is 11.7 Å². The Morgan fingerprint density at radius 2 is 1.55 bits per heavy atom. The third-order valence-electron chi connectivity index (χ3n) is 8.04. The number of rotatable bonds is 8. The van der Waals surface area contributed by atoms with Crippen LogP contribution in [0.1, 0.15) is 36.8 Å². The van der Waals surface area contributed by atoms with Crippen LogP contribution in [0.15, 0.2) is 48.5 Å². The molecule has 0 radical (unpaired) electrons. The smallest absolute Gasteiger partial charge is 0.380 e. The van der Waals surface area contributed by atoms with E-state index in [1.807, 2.05) is 0 Å². The molecule has 0 saturated carbocycles. The molecule has 0 spiro atoms. The molecule has 0 bridgehead atoms. The molecule has 3 aliphatic rings. The van der Waals surface area contributed by atoms with E-state index in [-0.39, 0.29) is 49.9 Å². The van der Waals surface area contributed by atoms with Gasteiger partial charge in [0.1, 0.15) is 11.9 Å². The minimum atomic E-state index is -4.44. The van der Waals surface area contributed by atoms with E-state index in [1.54, 1.807) is 12.1 Å². The van der Waals surface area contributed by atoms with Gasteiger partial charge in [-0.3, -0.25) is 9.59 Å². The van der Waals surface area contributed by atoms with Gasteiger partial charge in [0.15, 0.2) is 0 Å². The van der Waals surface area contributed by atoms with Crippen LogP contribution in [-0.4, -0.2) is 78.5 Å². The minimum absolute atomic E-state index is 0.0256. The predicted molar refractivity (Wildman–Crippen MR) is 147 cm³/mol. The molecule has 0 aliphatic carbocycles. The summed E-state index contributed by atoms with van der Waals surface area (Å²) in [6.07, 6.45) is -2.35. The first kappa shape index (κ1) is 30.2. The Balaban J connectivity index is 1.13. The van der Waals surface area contributed by atoms with Crippen LogP contribution in [0.5, 0.6) is 0 Å². The highest BCUT2D eigenvalue weighted by atomic mass is 32.2. The van der Waals surface area contributed by atoms with E-state index in [9.17, 15) is 35.6 Å². The second-order valence-electron chi connectivity index (χ2n) is 11.0. The second-order valence-corrected chi connectivity index (χ2v) is 12.9. The third kappa shape index (κ3) is 6.70. The van der Waals surface area contributed by atoms with Gasteiger partial charge in [-0.25, -0.2) is 4.39 Å². The molecule has 2 N–H and O–H groups in total. The monoisotopic (exact) mass is 611 g/mol. The van der Waals surface area contributed by atoms with Crippen LogP contribution < -0.4 is 10.6 Å². The second kappa shape index (κ2) is 12.2. The van der Waals surface area contributed by atoms with Crippen LogP contribution in [0.4, 0.5) is 23.2 Å². The van der Waals surface area contributed by atoms with Gasteiger partial charge in [0.25, 0.3) is 10.2 Å². The van der Waals surface area contributed by atoms with Crippen molar-refractivity contribution in [2.24, 2.45) is 5.92 Å². The number of piperidine rings is 1. The zero-order chi connectivity index (χ0) is 30.1. The SMILES string of the molecule is O=C(NCc1ccc(C(F)(F)F)cc1)[C@H]1CCCN1C(=O)[C@H]1CCCN(S(=O)(=O)N2CC(Nc3ccc(F)cc3)C2)C1. The first-order chi connectivity index (χ1) is 19.9. The van der Waals surface area contributed by atoms with Crippen molar-refractivity contribution in [1.82, 2.24) is 18.8 Å². The number of nitrogens with one attached hydrogen (secondary N) is 2. The Morgan fingerprint density at radius 3 is 2.21 bits per heavy atom. The zero-order valence-electron chi connectivity index (χ0n) is 22.8. The standard InChI is InChI=1S/C28H33F4N5O4S/c29-22-9-11-23(12-10-22)34-24-17-36(18-24)42(40,41)35-13-1-3-20(16-35)27(39)37-14-2-4-25(37)26(38)33-15-19-5-7-21(8-6-19)28(30,31)32/h5-12,20,24-25,34H,1-4,13-18H2,(H,33,38)/t20-,25+/m0/s1. The van der Waals surface area contributed by atoms with E-state index in [0.717, 1.165) is 12.1 Å². The summed E-state index contributed by atoms with van der Waals surface area (Å²) in [5, 5.41) is 5.91. The fourth-order valence-corrected chi connectivity index (χ4v) is 7.46. The average Bonchev–Trinajstić information content (AvgIpc) is 3.44. The van der Waals surface area contributed by atoms with Gasteiger partial charge in [0.05, 0.1) is 17.5 Å². The van der Waals surface area contributed by atoms with Crippen molar-refractivity contribution in [3.63, 3.8) is 0 Å². The Kier molecular flexibility index (Phi) is 8.76. The third-order valence-corrected chi connectivity index (χ3v) is 9.97.